The highest BCUT2D eigenvalue weighted by molar-refractivity contribution is 5.98. The van der Waals surface area contributed by atoms with E-state index in [1.54, 1.807) is 24.3 Å². The third kappa shape index (κ3) is 6.11. The molecule has 2 rings (SSSR count). The van der Waals surface area contributed by atoms with Crippen molar-refractivity contribution in [3.63, 3.8) is 0 Å². The third-order valence-corrected chi connectivity index (χ3v) is 3.63. The van der Waals surface area contributed by atoms with Gasteiger partial charge in [0.25, 0.3) is 5.91 Å². The molecule has 1 atom stereocenters. The summed E-state index contributed by atoms with van der Waals surface area (Å²) in [6.45, 7) is 1.43. The highest BCUT2D eigenvalue weighted by atomic mass is 19.4. The lowest BCUT2D eigenvalue weighted by atomic mass is 10.1. The first-order chi connectivity index (χ1) is 13.2. The lowest BCUT2D eigenvalue weighted by Gasteiger charge is -2.14. The van der Waals surface area contributed by atoms with E-state index < -0.39 is 35.8 Å². The zero-order valence-corrected chi connectivity index (χ0v) is 14.7. The molecule has 3 amide bonds. The van der Waals surface area contributed by atoms with Crippen LogP contribution in [0, 0.1) is 0 Å². The molecule has 2 aromatic rings. The number of halogens is 3. The van der Waals surface area contributed by atoms with Crippen LogP contribution in [-0.2, 0) is 22.3 Å². The van der Waals surface area contributed by atoms with Crippen LogP contribution < -0.4 is 10.6 Å². The molecule has 0 aliphatic carbocycles. The number of hydrogen-bond acceptors (Lipinski definition) is 4. The number of urea groups is 1. The summed E-state index contributed by atoms with van der Waals surface area (Å²) in [5.74, 6) is -1.85. The smallest absolute Gasteiger partial charge is 0.416 e. The van der Waals surface area contributed by atoms with Crippen LogP contribution in [0.3, 0.4) is 0 Å². The topological polar surface area (TPSA) is 84.5 Å². The summed E-state index contributed by atoms with van der Waals surface area (Å²) in [5, 5.41) is 4.49. The van der Waals surface area contributed by atoms with Gasteiger partial charge in [0.15, 0.2) is 6.10 Å². The number of imide groups is 1. The fraction of sp³-hybridized carbons (Fsp3) is 0.211. The molecule has 1 unspecified atom stereocenters. The summed E-state index contributed by atoms with van der Waals surface area (Å²) < 4.78 is 42.4. The van der Waals surface area contributed by atoms with Gasteiger partial charge in [-0.15, -0.1) is 0 Å². The summed E-state index contributed by atoms with van der Waals surface area (Å²) in [6, 6.07) is 11.6. The molecule has 0 saturated carbocycles. The molecule has 148 valence electrons. The Balaban J connectivity index is 1.84. The second-order valence-electron chi connectivity index (χ2n) is 5.78. The van der Waals surface area contributed by atoms with Crippen molar-refractivity contribution in [2.45, 2.75) is 25.7 Å². The molecule has 0 spiro atoms. The molecule has 0 aromatic heterocycles. The van der Waals surface area contributed by atoms with Gasteiger partial charge in [0, 0.05) is 6.54 Å². The fourth-order valence-corrected chi connectivity index (χ4v) is 2.11. The summed E-state index contributed by atoms with van der Waals surface area (Å²) in [4.78, 5) is 35.6. The van der Waals surface area contributed by atoms with E-state index in [-0.39, 0.29) is 12.1 Å². The number of ether oxygens (including phenoxy) is 1. The number of amides is 3. The fourth-order valence-electron chi connectivity index (χ4n) is 2.11. The number of carbonyl (C=O) groups is 3. The number of carbonyl (C=O) groups excluding carboxylic acids is 3. The summed E-state index contributed by atoms with van der Waals surface area (Å²) >= 11 is 0. The third-order valence-electron chi connectivity index (χ3n) is 3.63. The van der Waals surface area contributed by atoms with E-state index in [0.717, 1.165) is 29.8 Å². The van der Waals surface area contributed by atoms with Gasteiger partial charge >= 0.3 is 18.2 Å². The predicted molar refractivity (Wildman–Crippen MR) is 93.1 cm³/mol. The lowest BCUT2D eigenvalue weighted by Crippen LogP contribution is -2.44. The Morgan fingerprint density at radius 3 is 2.18 bits per heavy atom. The van der Waals surface area contributed by atoms with Gasteiger partial charge in [-0.05, 0) is 36.8 Å². The van der Waals surface area contributed by atoms with Crippen molar-refractivity contribution >= 4 is 17.9 Å². The average Bonchev–Trinajstić information content (AvgIpc) is 2.66. The van der Waals surface area contributed by atoms with E-state index in [0.29, 0.717) is 0 Å². The van der Waals surface area contributed by atoms with E-state index in [2.05, 4.69) is 5.32 Å². The summed E-state index contributed by atoms with van der Waals surface area (Å²) in [6.07, 6.45) is -5.85. The van der Waals surface area contributed by atoms with Gasteiger partial charge in [-0.3, -0.25) is 10.1 Å². The van der Waals surface area contributed by atoms with Crippen LogP contribution in [0.1, 0.15) is 28.4 Å². The van der Waals surface area contributed by atoms with Gasteiger partial charge < -0.3 is 10.1 Å². The molecule has 0 bridgehead atoms. The Morgan fingerprint density at radius 2 is 1.61 bits per heavy atom. The van der Waals surface area contributed by atoms with Crippen LogP contribution in [0.25, 0.3) is 0 Å². The van der Waals surface area contributed by atoms with Gasteiger partial charge in [0.2, 0.25) is 0 Å². The Kier molecular flexibility index (Phi) is 6.75. The van der Waals surface area contributed by atoms with Gasteiger partial charge in [0.05, 0.1) is 11.1 Å². The molecule has 0 radical (unpaired) electrons. The summed E-state index contributed by atoms with van der Waals surface area (Å²) in [5.41, 5.74) is -0.238. The van der Waals surface area contributed by atoms with Crippen molar-refractivity contribution in [1.82, 2.24) is 10.6 Å². The van der Waals surface area contributed by atoms with Crippen molar-refractivity contribution in [1.29, 1.82) is 0 Å². The molecule has 9 heteroatoms. The Hall–Kier alpha value is -3.36. The standard InChI is InChI=1S/C19H17F3N2O4/c1-12(16(25)24-18(27)23-11-13-5-3-2-4-6-13)28-17(26)14-7-9-15(10-8-14)19(20,21)22/h2-10,12H,11H2,1H3,(H2,23,24,25,27). The molecule has 28 heavy (non-hydrogen) atoms. The van der Waals surface area contributed by atoms with E-state index in [1.807, 2.05) is 11.4 Å². The minimum Gasteiger partial charge on any atom is -0.449 e. The Bertz CT molecular complexity index is 837. The number of nitrogens with one attached hydrogen (secondary N) is 2. The minimum absolute atomic E-state index is 0.152. The second kappa shape index (κ2) is 9.03. The minimum atomic E-state index is -4.53. The number of benzene rings is 2. The monoisotopic (exact) mass is 394 g/mol. The van der Waals surface area contributed by atoms with Crippen LogP contribution in [-0.4, -0.2) is 24.0 Å². The quantitative estimate of drug-likeness (QED) is 0.763. The molecular weight excluding hydrogens is 377 g/mol. The Labute approximate surface area is 158 Å². The van der Waals surface area contributed by atoms with Crippen LogP contribution in [0.5, 0.6) is 0 Å². The van der Waals surface area contributed by atoms with Gasteiger partial charge in [0.1, 0.15) is 0 Å². The van der Waals surface area contributed by atoms with Gasteiger partial charge in [-0.25, -0.2) is 9.59 Å². The number of esters is 1. The number of alkyl halides is 3. The first kappa shape index (κ1) is 20.9. The zero-order valence-electron chi connectivity index (χ0n) is 14.7. The van der Waals surface area contributed by atoms with Crippen molar-refractivity contribution in [2.24, 2.45) is 0 Å². The zero-order chi connectivity index (χ0) is 20.7. The molecule has 2 aromatic carbocycles. The molecule has 0 heterocycles. The molecule has 0 saturated heterocycles. The molecule has 0 fully saturated rings. The van der Waals surface area contributed by atoms with Gasteiger partial charge in [-0.2, -0.15) is 13.2 Å². The van der Waals surface area contributed by atoms with Crippen LogP contribution in [0.2, 0.25) is 0 Å². The first-order valence-electron chi connectivity index (χ1n) is 8.17. The van der Waals surface area contributed by atoms with Crippen LogP contribution in [0.15, 0.2) is 54.6 Å². The molecule has 0 aliphatic heterocycles. The second-order valence-corrected chi connectivity index (χ2v) is 5.78. The molecule has 0 aliphatic rings. The Morgan fingerprint density at radius 1 is 1.00 bits per heavy atom. The predicted octanol–water partition coefficient (Wildman–Crippen LogP) is 3.28. The van der Waals surface area contributed by atoms with E-state index >= 15 is 0 Å². The SMILES string of the molecule is CC(OC(=O)c1ccc(C(F)(F)F)cc1)C(=O)NC(=O)NCc1ccccc1. The lowest BCUT2D eigenvalue weighted by molar-refractivity contribution is -0.137. The van der Waals surface area contributed by atoms with E-state index in [9.17, 15) is 27.6 Å². The molecular formula is C19H17F3N2O4. The molecule has 2 N–H and O–H groups in total. The highest BCUT2D eigenvalue weighted by Crippen LogP contribution is 2.29. The number of rotatable bonds is 5. The van der Waals surface area contributed by atoms with Crippen molar-refractivity contribution < 1.29 is 32.3 Å². The normalized spacial score (nSPS) is 12.0. The van der Waals surface area contributed by atoms with Crippen molar-refractivity contribution in [3.8, 4) is 0 Å². The maximum Gasteiger partial charge on any atom is 0.416 e. The highest BCUT2D eigenvalue weighted by Gasteiger charge is 2.30. The van der Waals surface area contributed by atoms with Crippen molar-refractivity contribution in [2.75, 3.05) is 0 Å². The first-order valence-corrected chi connectivity index (χ1v) is 8.17. The summed E-state index contributed by atoms with van der Waals surface area (Å²) in [7, 11) is 0. The maximum atomic E-state index is 12.5. The van der Waals surface area contributed by atoms with Crippen molar-refractivity contribution in [3.05, 3.63) is 71.3 Å². The van der Waals surface area contributed by atoms with E-state index in [4.69, 9.17) is 4.74 Å². The van der Waals surface area contributed by atoms with Gasteiger partial charge in [-0.1, -0.05) is 30.3 Å². The van der Waals surface area contributed by atoms with Crippen LogP contribution >= 0.6 is 0 Å². The largest absolute Gasteiger partial charge is 0.449 e. The number of hydrogen-bond donors (Lipinski definition) is 2. The van der Waals surface area contributed by atoms with Crippen LogP contribution in [0.4, 0.5) is 18.0 Å². The average molecular weight is 394 g/mol. The maximum absolute atomic E-state index is 12.5. The molecule has 6 nitrogen and oxygen atoms in total. The van der Waals surface area contributed by atoms with E-state index in [1.165, 1.54) is 6.92 Å².